The van der Waals surface area contributed by atoms with Gasteiger partial charge in [0.25, 0.3) is 5.91 Å². The van der Waals surface area contributed by atoms with Crippen LogP contribution in [0.3, 0.4) is 0 Å². The molecule has 1 N–H and O–H groups in total. The van der Waals surface area contributed by atoms with Crippen molar-refractivity contribution in [1.29, 1.82) is 0 Å². The molecule has 104 valence electrons. The monoisotopic (exact) mass is 276 g/mol. The molecule has 1 heterocycles. The second kappa shape index (κ2) is 5.37. The third-order valence-electron chi connectivity index (χ3n) is 3.52. The van der Waals surface area contributed by atoms with Crippen molar-refractivity contribution in [2.24, 2.45) is 0 Å². The number of hydrogen-bond donors (Lipinski definition) is 1. The van der Waals surface area contributed by atoms with E-state index in [-0.39, 0.29) is 5.91 Å². The van der Waals surface area contributed by atoms with Crippen LogP contribution < -0.4 is 5.32 Å². The number of hydrogen-bond acceptors (Lipinski definition) is 2. The van der Waals surface area contributed by atoms with Crippen LogP contribution in [0, 0.1) is 13.8 Å². The fourth-order valence-corrected chi connectivity index (χ4v) is 2.38. The number of carbonyl (C=O) groups is 1. The van der Waals surface area contributed by atoms with E-state index >= 15 is 0 Å². The van der Waals surface area contributed by atoms with E-state index in [1.54, 1.807) is 6.20 Å². The molecule has 0 aliphatic carbocycles. The lowest BCUT2D eigenvalue weighted by Crippen LogP contribution is -2.14. The molecule has 2 aromatic carbocycles. The van der Waals surface area contributed by atoms with E-state index < -0.39 is 0 Å². The zero-order chi connectivity index (χ0) is 14.8. The molecule has 0 saturated heterocycles. The molecule has 0 bridgehead atoms. The lowest BCUT2D eigenvalue weighted by Gasteiger charge is -2.10. The maximum absolute atomic E-state index is 12.5. The van der Waals surface area contributed by atoms with Gasteiger partial charge in [0.05, 0.1) is 11.2 Å². The zero-order valence-electron chi connectivity index (χ0n) is 12.1. The molecule has 21 heavy (non-hydrogen) atoms. The Morgan fingerprint density at radius 1 is 1.05 bits per heavy atom. The Morgan fingerprint density at radius 2 is 1.86 bits per heavy atom. The predicted molar refractivity (Wildman–Crippen MR) is 85.6 cm³/mol. The standard InChI is InChI=1S/C18H16N2O/c1-12-8-9-13(2)15(11-12)18(21)20-16-7-3-5-14-6-4-10-19-17(14)16/h3-11H,1-2H3,(H,20,21). The van der Waals surface area contributed by atoms with Gasteiger partial charge in [0.2, 0.25) is 0 Å². The number of nitrogens with zero attached hydrogens (tertiary/aromatic N) is 1. The van der Waals surface area contributed by atoms with Crippen molar-refractivity contribution in [2.45, 2.75) is 13.8 Å². The van der Waals surface area contributed by atoms with E-state index in [4.69, 9.17) is 0 Å². The number of nitrogens with one attached hydrogen (secondary N) is 1. The summed E-state index contributed by atoms with van der Waals surface area (Å²) in [5, 5.41) is 3.98. The maximum atomic E-state index is 12.5. The minimum atomic E-state index is -0.102. The van der Waals surface area contributed by atoms with Crippen molar-refractivity contribution in [3.8, 4) is 0 Å². The average molecular weight is 276 g/mol. The van der Waals surface area contributed by atoms with Crippen LogP contribution in [0.5, 0.6) is 0 Å². The van der Waals surface area contributed by atoms with Gasteiger partial charge in [-0.05, 0) is 37.6 Å². The Balaban J connectivity index is 1.99. The van der Waals surface area contributed by atoms with Gasteiger partial charge in [-0.3, -0.25) is 9.78 Å². The van der Waals surface area contributed by atoms with Gasteiger partial charge in [-0.2, -0.15) is 0 Å². The number of benzene rings is 2. The van der Waals surface area contributed by atoms with Crippen LogP contribution in [-0.2, 0) is 0 Å². The van der Waals surface area contributed by atoms with Crippen molar-refractivity contribution in [3.63, 3.8) is 0 Å². The van der Waals surface area contributed by atoms with Gasteiger partial charge < -0.3 is 5.32 Å². The van der Waals surface area contributed by atoms with Crippen molar-refractivity contribution in [3.05, 3.63) is 71.4 Å². The topological polar surface area (TPSA) is 42.0 Å². The normalized spacial score (nSPS) is 10.6. The molecule has 0 atom stereocenters. The van der Waals surface area contributed by atoms with Crippen molar-refractivity contribution < 1.29 is 4.79 Å². The highest BCUT2D eigenvalue weighted by Crippen LogP contribution is 2.22. The van der Waals surface area contributed by atoms with Gasteiger partial charge in [0.15, 0.2) is 0 Å². The minimum absolute atomic E-state index is 0.102. The minimum Gasteiger partial charge on any atom is -0.320 e. The number of carbonyl (C=O) groups excluding carboxylic acids is 1. The van der Waals surface area contributed by atoms with Crippen molar-refractivity contribution in [2.75, 3.05) is 5.32 Å². The van der Waals surface area contributed by atoms with Gasteiger partial charge in [-0.25, -0.2) is 0 Å². The largest absolute Gasteiger partial charge is 0.320 e. The zero-order valence-corrected chi connectivity index (χ0v) is 12.1. The molecule has 0 unspecified atom stereocenters. The summed E-state index contributed by atoms with van der Waals surface area (Å²) in [7, 11) is 0. The number of anilines is 1. The molecule has 0 radical (unpaired) electrons. The first kappa shape index (κ1) is 13.3. The third kappa shape index (κ3) is 2.63. The van der Waals surface area contributed by atoms with Gasteiger partial charge in [0, 0.05) is 17.1 Å². The Hall–Kier alpha value is -2.68. The molecular weight excluding hydrogens is 260 g/mol. The highest BCUT2D eigenvalue weighted by molar-refractivity contribution is 6.09. The van der Waals surface area contributed by atoms with Crippen LogP contribution in [0.2, 0.25) is 0 Å². The number of rotatable bonds is 2. The fourth-order valence-electron chi connectivity index (χ4n) is 2.38. The molecule has 0 spiro atoms. The van der Waals surface area contributed by atoms with Crippen LogP contribution >= 0.6 is 0 Å². The Bertz CT molecular complexity index is 819. The van der Waals surface area contributed by atoms with E-state index in [1.807, 2.05) is 62.4 Å². The summed E-state index contributed by atoms with van der Waals surface area (Å²) in [6, 6.07) is 15.5. The van der Waals surface area contributed by atoms with Crippen LogP contribution in [0.25, 0.3) is 10.9 Å². The van der Waals surface area contributed by atoms with E-state index in [9.17, 15) is 4.79 Å². The quantitative estimate of drug-likeness (QED) is 0.765. The number of pyridine rings is 1. The summed E-state index contributed by atoms with van der Waals surface area (Å²) in [5.74, 6) is -0.102. The summed E-state index contributed by atoms with van der Waals surface area (Å²) in [6.07, 6.45) is 1.73. The van der Waals surface area contributed by atoms with Gasteiger partial charge in [-0.15, -0.1) is 0 Å². The van der Waals surface area contributed by atoms with Gasteiger partial charge >= 0.3 is 0 Å². The average Bonchev–Trinajstić information content (AvgIpc) is 2.50. The fraction of sp³-hybridized carbons (Fsp3) is 0.111. The van der Waals surface area contributed by atoms with Crippen molar-refractivity contribution >= 4 is 22.5 Å². The van der Waals surface area contributed by atoms with Gasteiger partial charge in [0.1, 0.15) is 0 Å². The lowest BCUT2D eigenvalue weighted by molar-refractivity contribution is 0.102. The molecule has 0 fully saturated rings. The molecule has 3 aromatic rings. The Labute approximate surface area is 123 Å². The number of aromatic nitrogens is 1. The summed E-state index contributed by atoms with van der Waals surface area (Å²) < 4.78 is 0. The first-order valence-corrected chi connectivity index (χ1v) is 6.87. The lowest BCUT2D eigenvalue weighted by atomic mass is 10.0. The molecular formula is C18H16N2O. The molecule has 1 amide bonds. The molecule has 0 saturated carbocycles. The van der Waals surface area contributed by atoms with Crippen molar-refractivity contribution in [1.82, 2.24) is 4.98 Å². The first-order chi connectivity index (χ1) is 10.1. The Kier molecular flexibility index (Phi) is 3.40. The molecule has 0 aliphatic heterocycles. The SMILES string of the molecule is Cc1ccc(C)c(C(=O)Nc2cccc3cccnc23)c1. The number of para-hydroxylation sites is 1. The van der Waals surface area contributed by atoms with Crippen LogP contribution in [-0.4, -0.2) is 10.9 Å². The highest BCUT2D eigenvalue weighted by atomic mass is 16.1. The van der Waals surface area contributed by atoms with Crippen LogP contribution in [0.4, 0.5) is 5.69 Å². The summed E-state index contributed by atoms with van der Waals surface area (Å²) in [6.45, 7) is 3.92. The molecule has 3 rings (SSSR count). The summed E-state index contributed by atoms with van der Waals surface area (Å²) >= 11 is 0. The number of amides is 1. The first-order valence-electron chi connectivity index (χ1n) is 6.87. The second-order valence-corrected chi connectivity index (χ2v) is 5.15. The van der Waals surface area contributed by atoms with E-state index in [0.717, 1.165) is 27.7 Å². The summed E-state index contributed by atoms with van der Waals surface area (Å²) in [4.78, 5) is 16.8. The Morgan fingerprint density at radius 3 is 2.71 bits per heavy atom. The van der Waals surface area contributed by atoms with Gasteiger partial charge in [-0.1, -0.05) is 35.9 Å². The highest BCUT2D eigenvalue weighted by Gasteiger charge is 2.11. The number of fused-ring (bicyclic) bond motifs is 1. The predicted octanol–water partition coefficient (Wildman–Crippen LogP) is 4.10. The van der Waals surface area contributed by atoms with E-state index in [1.165, 1.54) is 0 Å². The second-order valence-electron chi connectivity index (χ2n) is 5.15. The number of aryl methyl sites for hydroxylation is 2. The maximum Gasteiger partial charge on any atom is 0.255 e. The third-order valence-corrected chi connectivity index (χ3v) is 3.52. The molecule has 3 heteroatoms. The van der Waals surface area contributed by atoms with E-state index in [0.29, 0.717) is 5.56 Å². The molecule has 0 aliphatic rings. The summed E-state index contributed by atoms with van der Waals surface area (Å²) in [5.41, 5.74) is 4.27. The smallest absolute Gasteiger partial charge is 0.255 e. The van der Waals surface area contributed by atoms with Crippen LogP contribution in [0.15, 0.2) is 54.7 Å². The molecule has 3 nitrogen and oxygen atoms in total. The van der Waals surface area contributed by atoms with E-state index in [2.05, 4.69) is 10.3 Å². The molecule has 1 aromatic heterocycles. The van der Waals surface area contributed by atoms with Crippen LogP contribution in [0.1, 0.15) is 21.5 Å².